The van der Waals surface area contributed by atoms with Gasteiger partial charge in [-0.25, -0.2) is 9.97 Å². The minimum Gasteiger partial charge on any atom is -0.497 e. The van der Waals surface area contributed by atoms with Crippen molar-refractivity contribution in [2.24, 2.45) is 0 Å². The van der Waals surface area contributed by atoms with Crippen LogP contribution in [0.2, 0.25) is 0 Å². The minimum absolute atomic E-state index is 0.100. The molecule has 1 aliphatic heterocycles. The van der Waals surface area contributed by atoms with Gasteiger partial charge < -0.3 is 24.8 Å². The van der Waals surface area contributed by atoms with E-state index in [0.717, 1.165) is 30.9 Å². The third kappa shape index (κ3) is 5.82. The van der Waals surface area contributed by atoms with Crippen LogP contribution in [0, 0.1) is 0 Å². The number of anilines is 1. The Kier molecular flexibility index (Phi) is 6.81. The van der Waals surface area contributed by atoms with Crippen molar-refractivity contribution in [3.05, 3.63) is 42.2 Å². The highest BCUT2D eigenvalue weighted by Gasteiger charge is 2.17. The van der Waals surface area contributed by atoms with Crippen LogP contribution in [0.1, 0.15) is 23.3 Å². The zero-order chi connectivity index (χ0) is 18.9. The summed E-state index contributed by atoms with van der Waals surface area (Å²) in [6.45, 7) is 2.21. The third-order valence-electron chi connectivity index (χ3n) is 4.12. The normalized spacial score (nSPS) is 16.0. The number of rotatable bonds is 9. The van der Waals surface area contributed by atoms with Crippen LogP contribution in [0.3, 0.4) is 0 Å². The van der Waals surface area contributed by atoms with Crippen LogP contribution in [-0.2, 0) is 4.74 Å². The Morgan fingerprint density at radius 1 is 1.26 bits per heavy atom. The minimum atomic E-state index is -0.231. The second kappa shape index (κ2) is 9.72. The van der Waals surface area contributed by atoms with Crippen LogP contribution < -0.4 is 20.1 Å². The standard InChI is InChI=1S/C19H24N4O4/c1-25-14-4-6-15(7-5-14)27-12-10-21-19-20-9-8-17(23-19)18(24)22-13-16-3-2-11-26-16/h4-9,16H,2-3,10-13H2,1H3,(H,22,24)(H,20,21,23). The molecular formula is C19H24N4O4. The average molecular weight is 372 g/mol. The van der Waals surface area contributed by atoms with E-state index >= 15 is 0 Å². The highest BCUT2D eigenvalue weighted by molar-refractivity contribution is 5.92. The lowest BCUT2D eigenvalue weighted by molar-refractivity contribution is 0.0853. The molecule has 1 unspecified atom stereocenters. The number of hydrogen-bond donors (Lipinski definition) is 2. The maximum Gasteiger partial charge on any atom is 0.270 e. The fraction of sp³-hybridized carbons (Fsp3) is 0.421. The van der Waals surface area contributed by atoms with E-state index in [2.05, 4.69) is 20.6 Å². The fourth-order valence-corrected chi connectivity index (χ4v) is 2.68. The maximum absolute atomic E-state index is 12.2. The Morgan fingerprint density at radius 2 is 2.07 bits per heavy atom. The molecule has 1 aromatic carbocycles. The number of nitrogens with zero attached hydrogens (tertiary/aromatic N) is 2. The smallest absolute Gasteiger partial charge is 0.270 e. The number of ether oxygens (including phenoxy) is 3. The van der Waals surface area contributed by atoms with Gasteiger partial charge in [-0.3, -0.25) is 4.79 Å². The Labute approximate surface area is 158 Å². The Balaban J connectivity index is 1.41. The van der Waals surface area contributed by atoms with E-state index in [-0.39, 0.29) is 12.0 Å². The van der Waals surface area contributed by atoms with E-state index in [1.165, 1.54) is 0 Å². The van der Waals surface area contributed by atoms with Crippen molar-refractivity contribution in [1.82, 2.24) is 15.3 Å². The van der Waals surface area contributed by atoms with Crippen LogP contribution in [0.4, 0.5) is 5.95 Å². The first-order valence-electron chi connectivity index (χ1n) is 8.98. The van der Waals surface area contributed by atoms with E-state index in [1.807, 2.05) is 24.3 Å². The lowest BCUT2D eigenvalue weighted by Crippen LogP contribution is -2.32. The van der Waals surface area contributed by atoms with Crippen molar-refractivity contribution in [2.75, 3.05) is 38.7 Å². The molecule has 2 heterocycles. The molecule has 1 atom stereocenters. The Morgan fingerprint density at radius 3 is 2.81 bits per heavy atom. The van der Waals surface area contributed by atoms with Gasteiger partial charge in [-0.2, -0.15) is 0 Å². The Hall–Kier alpha value is -2.87. The van der Waals surface area contributed by atoms with Gasteiger partial charge in [0.15, 0.2) is 0 Å². The van der Waals surface area contributed by atoms with Gasteiger partial charge in [-0.05, 0) is 43.2 Å². The van der Waals surface area contributed by atoms with Gasteiger partial charge in [-0.1, -0.05) is 0 Å². The van der Waals surface area contributed by atoms with E-state index < -0.39 is 0 Å². The van der Waals surface area contributed by atoms with Gasteiger partial charge in [0.1, 0.15) is 23.8 Å². The average Bonchev–Trinajstić information content (AvgIpc) is 3.24. The summed E-state index contributed by atoms with van der Waals surface area (Å²) in [5.74, 6) is 1.69. The summed E-state index contributed by atoms with van der Waals surface area (Å²) >= 11 is 0. The van der Waals surface area contributed by atoms with Gasteiger partial charge in [0.05, 0.1) is 19.8 Å². The second-order valence-corrected chi connectivity index (χ2v) is 6.06. The molecule has 1 amide bonds. The highest BCUT2D eigenvalue weighted by atomic mass is 16.5. The number of aromatic nitrogens is 2. The molecule has 0 saturated carbocycles. The zero-order valence-corrected chi connectivity index (χ0v) is 15.3. The molecule has 1 aliphatic rings. The Bertz CT molecular complexity index is 733. The van der Waals surface area contributed by atoms with Crippen LogP contribution in [-0.4, -0.2) is 55.4 Å². The van der Waals surface area contributed by atoms with Gasteiger partial charge in [0.2, 0.25) is 5.95 Å². The van der Waals surface area contributed by atoms with Crippen molar-refractivity contribution in [3.63, 3.8) is 0 Å². The maximum atomic E-state index is 12.2. The molecule has 2 N–H and O–H groups in total. The molecule has 0 aliphatic carbocycles. The molecule has 8 nitrogen and oxygen atoms in total. The number of carbonyl (C=O) groups is 1. The molecule has 0 spiro atoms. The molecule has 0 radical (unpaired) electrons. The first kappa shape index (κ1) is 18.9. The molecule has 8 heteroatoms. The van der Waals surface area contributed by atoms with E-state index in [9.17, 15) is 4.79 Å². The zero-order valence-electron chi connectivity index (χ0n) is 15.3. The molecule has 144 valence electrons. The fourth-order valence-electron chi connectivity index (χ4n) is 2.68. The summed E-state index contributed by atoms with van der Waals surface area (Å²) in [7, 11) is 1.62. The SMILES string of the molecule is COc1ccc(OCCNc2nccc(C(=O)NCC3CCCO3)n2)cc1. The molecule has 1 saturated heterocycles. The predicted octanol–water partition coefficient (Wildman–Crippen LogP) is 1.88. The molecule has 1 fully saturated rings. The van der Waals surface area contributed by atoms with Crippen molar-refractivity contribution < 1.29 is 19.0 Å². The van der Waals surface area contributed by atoms with Crippen molar-refractivity contribution in [3.8, 4) is 11.5 Å². The summed E-state index contributed by atoms with van der Waals surface area (Å²) in [5.41, 5.74) is 0.321. The van der Waals surface area contributed by atoms with E-state index in [1.54, 1.807) is 19.4 Å². The van der Waals surface area contributed by atoms with Crippen molar-refractivity contribution in [2.45, 2.75) is 18.9 Å². The number of nitrogens with one attached hydrogen (secondary N) is 2. The van der Waals surface area contributed by atoms with E-state index in [0.29, 0.717) is 31.3 Å². The summed E-state index contributed by atoms with van der Waals surface area (Å²) < 4.78 is 16.2. The molecular weight excluding hydrogens is 348 g/mol. The van der Waals surface area contributed by atoms with Gasteiger partial charge >= 0.3 is 0 Å². The van der Waals surface area contributed by atoms with E-state index in [4.69, 9.17) is 14.2 Å². The topological polar surface area (TPSA) is 94.6 Å². The number of amides is 1. The molecule has 2 aromatic rings. The summed E-state index contributed by atoms with van der Waals surface area (Å²) in [6, 6.07) is 8.95. The van der Waals surface area contributed by atoms with Crippen LogP contribution in [0.5, 0.6) is 11.5 Å². The molecule has 3 rings (SSSR count). The van der Waals surface area contributed by atoms with Crippen LogP contribution in [0.25, 0.3) is 0 Å². The van der Waals surface area contributed by atoms with Crippen LogP contribution in [0.15, 0.2) is 36.5 Å². The largest absolute Gasteiger partial charge is 0.497 e. The summed E-state index contributed by atoms with van der Waals surface area (Å²) in [5, 5.41) is 5.90. The third-order valence-corrected chi connectivity index (χ3v) is 4.12. The second-order valence-electron chi connectivity index (χ2n) is 6.06. The number of methoxy groups -OCH3 is 1. The summed E-state index contributed by atoms with van der Waals surface area (Å²) in [4.78, 5) is 20.6. The first-order valence-corrected chi connectivity index (χ1v) is 8.98. The molecule has 1 aromatic heterocycles. The summed E-state index contributed by atoms with van der Waals surface area (Å²) in [6.07, 6.45) is 3.68. The van der Waals surface area contributed by atoms with Gasteiger partial charge in [0, 0.05) is 19.3 Å². The highest BCUT2D eigenvalue weighted by Crippen LogP contribution is 2.16. The van der Waals surface area contributed by atoms with Gasteiger partial charge in [-0.15, -0.1) is 0 Å². The van der Waals surface area contributed by atoms with Crippen LogP contribution >= 0.6 is 0 Å². The van der Waals surface area contributed by atoms with Crippen molar-refractivity contribution >= 4 is 11.9 Å². The first-order chi connectivity index (χ1) is 13.2. The lowest BCUT2D eigenvalue weighted by Gasteiger charge is -2.11. The lowest BCUT2D eigenvalue weighted by atomic mass is 10.2. The molecule has 27 heavy (non-hydrogen) atoms. The monoisotopic (exact) mass is 372 g/mol. The van der Waals surface area contributed by atoms with Crippen molar-refractivity contribution in [1.29, 1.82) is 0 Å². The number of hydrogen-bond acceptors (Lipinski definition) is 7. The number of carbonyl (C=O) groups excluding carboxylic acids is 1. The number of benzene rings is 1. The van der Waals surface area contributed by atoms with Gasteiger partial charge in [0.25, 0.3) is 5.91 Å². The molecule has 0 bridgehead atoms. The quantitative estimate of drug-likeness (QED) is 0.649. The predicted molar refractivity (Wildman–Crippen MR) is 100 cm³/mol.